The van der Waals surface area contributed by atoms with E-state index in [4.69, 9.17) is 17.3 Å². The molecule has 1 saturated heterocycles. The van der Waals surface area contributed by atoms with E-state index in [-0.39, 0.29) is 30.7 Å². The van der Waals surface area contributed by atoms with Gasteiger partial charge in [-0.15, -0.1) is 24.8 Å². The van der Waals surface area contributed by atoms with E-state index in [0.29, 0.717) is 18.1 Å². The van der Waals surface area contributed by atoms with Crippen LogP contribution in [0.1, 0.15) is 11.6 Å². The molecule has 1 atom stereocenters. The maximum Gasteiger partial charge on any atom is 0.244 e. The van der Waals surface area contributed by atoms with E-state index in [2.05, 4.69) is 9.88 Å². The van der Waals surface area contributed by atoms with Crippen LogP contribution < -0.4 is 10.6 Å². The van der Waals surface area contributed by atoms with Crippen LogP contribution in [0, 0.1) is 0 Å². The van der Waals surface area contributed by atoms with Gasteiger partial charge in [0.25, 0.3) is 0 Å². The Kier molecular flexibility index (Phi) is 8.45. The van der Waals surface area contributed by atoms with E-state index >= 15 is 0 Å². The third kappa shape index (κ3) is 5.22. The zero-order valence-corrected chi connectivity index (χ0v) is 15.9. The lowest BCUT2D eigenvalue weighted by Crippen LogP contribution is -2.51. The molecule has 2 aromatic rings. The molecular weight excluding hydrogens is 383 g/mol. The van der Waals surface area contributed by atoms with Gasteiger partial charge in [0.15, 0.2) is 0 Å². The maximum absolute atomic E-state index is 12.5. The molecule has 1 aromatic carbocycles. The van der Waals surface area contributed by atoms with Gasteiger partial charge in [0.05, 0.1) is 5.02 Å². The highest BCUT2D eigenvalue weighted by atomic mass is 35.5. The molecule has 136 valence electrons. The number of halogens is 3. The smallest absolute Gasteiger partial charge is 0.244 e. The Labute approximate surface area is 165 Å². The van der Waals surface area contributed by atoms with Crippen LogP contribution in [0.4, 0.5) is 5.82 Å². The fraction of sp³-hybridized carbons (Fsp3) is 0.294. The molecule has 1 unspecified atom stereocenters. The molecule has 8 heteroatoms. The molecule has 0 bridgehead atoms. The standard InChI is InChI=1S/C17H19ClN4O.2ClH/c18-14-6-7-15(20-12-14)21-8-10-22(11-9-21)17(23)16(19)13-4-2-1-3-5-13;;/h1-7,12,16H,8-11,19H2;2*1H. The summed E-state index contributed by atoms with van der Waals surface area (Å²) >= 11 is 5.86. The third-order valence-corrected chi connectivity index (χ3v) is 4.28. The van der Waals surface area contributed by atoms with Gasteiger partial charge in [-0.25, -0.2) is 4.98 Å². The van der Waals surface area contributed by atoms with Crippen molar-refractivity contribution < 1.29 is 4.79 Å². The first-order valence-electron chi connectivity index (χ1n) is 7.61. The van der Waals surface area contributed by atoms with Crippen molar-refractivity contribution in [1.29, 1.82) is 0 Å². The van der Waals surface area contributed by atoms with E-state index in [0.717, 1.165) is 24.5 Å². The molecule has 3 rings (SSSR count). The van der Waals surface area contributed by atoms with Gasteiger partial charge in [0.1, 0.15) is 11.9 Å². The quantitative estimate of drug-likeness (QED) is 0.856. The van der Waals surface area contributed by atoms with Crippen molar-refractivity contribution in [3.05, 3.63) is 59.2 Å². The summed E-state index contributed by atoms with van der Waals surface area (Å²) < 4.78 is 0. The molecule has 25 heavy (non-hydrogen) atoms. The number of hydrogen-bond donors (Lipinski definition) is 1. The number of anilines is 1. The van der Waals surface area contributed by atoms with Crippen LogP contribution in [0.5, 0.6) is 0 Å². The molecule has 1 aromatic heterocycles. The lowest BCUT2D eigenvalue weighted by molar-refractivity contribution is -0.133. The summed E-state index contributed by atoms with van der Waals surface area (Å²) in [6, 6.07) is 12.6. The number of nitrogens with two attached hydrogens (primary N) is 1. The van der Waals surface area contributed by atoms with Crippen molar-refractivity contribution >= 4 is 48.1 Å². The van der Waals surface area contributed by atoms with Crippen molar-refractivity contribution in [2.24, 2.45) is 5.73 Å². The second-order valence-corrected chi connectivity index (χ2v) is 5.97. The highest BCUT2D eigenvalue weighted by molar-refractivity contribution is 6.30. The Morgan fingerprint density at radius 2 is 1.68 bits per heavy atom. The number of aromatic nitrogens is 1. The van der Waals surface area contributed by atoms with Gasteiger partial charge in [0, 0.05) is 32.4 Å². The molecule has 0 spiro atoms. The van der Waals surface area contributed by atoms with Crippen molar-refractivity contribution in [2.75, 3.05) is 31.1 Å². The molecule has 1 aliphatic heterocycles. The molecule has 1 fully saturated rings. The lowest BCUT2D eigenvalue weighted by atomic mass is 10.1. The molecule has 2 N–H and O–H groups in total. The highest BCUT2D eigenvalue weighted by Gasteiger charge is 2.26. The molecule has 2 heterocycles. The molecule has 1 aliphatic rings. The number of carbonyl (C=O) groups excluding carboxylic acids is 1. The van der Waals surface area contributed by atoms with Crippen molar-refractivity contribution in [3.63, 3.8) is 0 Å². The van der Waals surface area contributed by atoms with E-state index in [9.17, 15) is 4.79 Å². The predicted molar refractivity (Wildman–Crippen MR) is 106 cm³/mol. The topological polar surface area (TPSA) is 62.5 Å². The first-order chi connectivity index (χ1) is 11.1. The van der Waals surface area contributed by atoms with Crippen LogP contribution in [-0.4, -0.2) is 42.0 Å². The Morgan fingerprint density at radius 1 is 1.04 bits per heavy atom. The Hall–Kier alpha value is -1.53. The first kappa shape index (κ1) is 21.5. The zero-order valence-electron chi connectivity index (χ0n) is 13.5. The minimum Gasteiger partial charge on any atom is -0.353 e. The number of benzene rings is 1. The van der Waals surface area contributed by atoms with E-state index < -0.39 is 6.04 Å². The summed E-state index contributed by atoms with van der Waals surface area (Å²) in [4.78, 5) is 20.8. The summed E-state index contributed by atoms with van der Waals surface area (Å²) in [7, 11) is 0. The van der Waals surface area contributed by atoms with Crippen LogP contribution in [-0.2, 0) is 4.79 Å². The van der Waals surface area contributed by atoms with E-state index in [1.807, 2.05) is 47.4 Å². The van der Waals surface area contributed by atoms with Crippen molar-refractivity contribution in [3.8, 4) is 0 Å². The lowest BCUT2D eigenvalue weighted by Gasteiger charge is -2.36. The van der Waals surface area contributed by atoms with Gasteiger partial charge < -0.3 is 15.5 Å². The number of nitrogens with zero attached hydrogens (tertiary/aromatic N) is 3. The Balaban J connectivity index is 0.00000156. The fourth-order valence-corrected chi connectivity index (χ4v) is 2.82. The van der Waals surface area contributed by atoms with Gasteiger partial charge in [0.2, 0.25) is 5.91 Å². The average molecular weight is 404 g/mol. The third-order valence-electron chi connectivity index (χ3n) is 4.05. The SMILES string of the molecule is Cl.Cl.NC(C(=O)N1CCN(c2ccc(Cl)cn2)CC1)c1ccccc1. The fourth-order valence-electron chi connectivity index (χ4n) is 2.71. The monoisotopic (exact) mass is 402 g/mol. The van der Waals surface area contributed by atoms with Gasteiger partial charge >= 0.3 is 0 Å². The van der Waals surface area contributed by atoms with Crippen LogP contribution >= 0.6 is 36.4 Å². The second-order valence-electron chi connectivity index (χ2n) is 5.54. The molecule has 0 radical (unpaired) electrons. The van der Waals surface area contributed by atoms with Gasteiger partial charge in [-0.2, -0.15) is 0 Å². The molecule has 5 nitrogen and oxygen atoms in total. The van der Waals surface area contributed by atoms with Gasteiger partial charge in [-0.3, -0.25) is 4.79 Å². The molecule has 0 aliphatic carbocycles. The van der Waals surface area contributed by atoms with Gasteiger partial charge in [-0.1, -0.05) is 41.9 Å². The number of carbonyl (C=O) groups is 1. The summed E-state index contributed by atoms with van der Waals surface area (Å²) in [6.07, 6.45) is 1.64. The summed E-state index contributed by atoms with van der Waals surface area (Å²) in [5, 5.41) is 0.622. The Bertz CT molecular complexity index is 661. The summed E-state index contributed by atoms with van der Waals surface area (Å²) in [6.45, 7) is 2.76. The van der Waals surface area contributed by atoms with Crippen LogP contribution in [0.15, 0.2) is 48.7 Å². The number of piperazine rings is 1. The second kappa shape index (κ2) is 9.82. The molecular formula is C17H21Cl3N4O. The largest absolute Gasteiger partial charge is 0.353 e. The number of rotatable bonds is 3. The first-order valence-corrected chi connectivity index (χ1v) is 7.99. The minimum absolute atomic E-state index is 0. The van der Waals surface area contributed by atoms with Gasteiger partial charge in [-0.05, 0) is 17.7 Å². The van der Waals surface area contributed by atoms with E-state index in [1.54, 1.807) is 6.20 Å². The highest BCUT2D eigenvalue weighted by Crippen LogP contribution is 2.18. The van der Waals surface area contributed by atoms with E-state index in [1.165, 1.54) is 0 Å². The predicted octanol–water partition coefficient (Wildman–Crippen LogP) is 2.93. The number of amides is 1. The molecule has 1 amide bonds. The Morgan fingerprint density at radius 3 is 2.24 bits per heavy atom. The normalized spacial score (nSPS) is 15.0. The average Bonchev–Trinajstić information content (AvgIpc) is 2.62. The van der Waals surface area contributed by atoms with Crippen LogP contribution in [0.3, 0.4) is 0 Å². The molecule has 0 saturated carbocycles. The minimum atomic E-state index is -0.601. The number of pyridine rings is 1. The maximum atomic E-state index is 12.5. The van der Waals surface area contributed by atoms with Crippen molar-refractivity contribution in [2.45, 2.75) is 6.04 Å². The van der Waals surface area contributed by atoms with Crippen LogP contribution in [0.25, 0.3) is 0 Å². The zero-order chi connectivity index (χ0) is 16.2. The van der Waals surface area contributed by atoms with Crippen LogP contribution in [0.2, 0.25) is 5.02 Å². The summed E-state index contributed by atoms with van der Waals surface area (Å²) in [5.41, 5.74) is 6.95. The summed E-state index contributed by atoms with van der Waals surface area (Å²) in [5.74, 6) is 0.855. The van der Waals surface area contributed by atoms with Crippen molar-refractivity contribution in [1.82, 2.24) is 9.88 Å². The number of hydrogen-bond acceptors (Lipinski definition) is 4.